The fourth-order valence-corrected chi connectivity index (χ4v) is 1.70. The lowest BCUT2D eigenvalue weighted by Crippen LogP contribution is -1.98. The van der Waals surface area contributed by atoms with Crippen molar-refractivity contribution in [3.05, 3.63) is 109 Å². The smallest absolute Gasteiger partial charge is 0.335 e. The highest BCUT2D eigenvalue weighted by atomic mass is 16.5. The van der Waals surface area contributed by atoms with E-state index in [1.807, 2.05) is 60.7 Å². The summed E-state index contributed by atoms with van der Waals surface area (Å²) in [6.45, 7) is 2.96. The molecule has 0 aliphatic heterocycles. The summed E-state index contributed by atoms with van der Waals surface area (Å²) in [7, 11) is 0. The topological polar surface area (TPSA) is 89.9 Å². The molecule has 2 rings (SSSR count). The number of esters is 2. The SMILES string of the molecule is C=CC(=O)O.O=C(/C=C\C(=O)OC=Cc1ccccc1)OC=Cc1ccccc1. The molecule has 0 saturated carbocycles. The van der Waals surface area contributed by atoms with Crippen LogP contribution in [-0.2, 0) is 23.9 Å². The first kappa shape index (κ1) is 22.9. The molecule has 0 atom stereocenters. The van der Waals surface area contributed by atoms with Gasteiger partial charge in [0.1, 0.15) is 0 Å². The van der Waals surface area contributed by atoms with Crippen LogP contribution in [0.3, 0.4) is 0 Å². The molecule has 0 unspecified atom stereocenters. The summed E-state index contributed by atoms with van der Waals surface area (Å²) in [6, 6.07) is 18.8. The van der Waals surface area contributed by atoms with E-state index >= 15 is 0 Å². The van der Waals surface area contributed by atoms with Crippen LogP contribution >= 0.6 is 0 Å². The van der Waals surface area contributed by atoms with Crippen molar-refractivity contribution in [2.45, 2.75) is 0 Å². The lowest BCUT2D eigenvalue weighted by atomic mass is 10.2. The molecule has 6 nitrogen and oxygen atoms in total. The molecule has 0 bridgehead atoms. The van der Waals surface area contributed by atoms with Crippen molar-refractivity contribution in [2.75, 3.05) is 0 Å². The van der Waals surface area contributed by atoms with Crippen molar-refractivity contribution in [3.63, 3.8) is 0 Å². The van der Waals surface area contributed by atoms with Gasteiger partial charge in [0.2, 0.25) is 0 Å². The van der Waals surface area contributed by atoms with Crippen LogP contribution in [0, 0.1) is 0 Å². The molecule has 0 aliphatic rings. The number of hydrogen-bond acceptors (Lipinski definition) is 5. The molecule has 0 amide bonds. The van der Waals surface area contributed by atoms with Gasteiger partial charge in [-0.2, -0.15) is 0 Å². The van der Waals surface area contributed by atoms with Gasteiger partial charge in [0.15, 0.2) is 0 Å². The van der Waals surface area contributed by atoms with Crippen LogP contribution in [0.2, 0.25) is 0 Å². The number of carbonyl (C=O) groups is 3. The minimum absolute atomic E-state index is 0.661. The molecule has 0 aromatic heterocycles. The van der Waals surface area contributed by atoms with Crippen LogP contribution in [-0.4, -0.2) is 23.0 Å². The van der Waals surface area contributed by atoms with E-state index in [2.05, 4.69) is 6.58 Å². The second kappa shape index (κ2) is 13.9. The first-order valence-corrected chi connectivity index (χ1v) is 8.39. The molecule has 1 N–H and O–H groups in total. The number of ether oxygens (including phenoxy) is 2. The lowest BCUT2D eigenvalue weighted by Gasteiger charge is -1.95. The zero-order chi connectivity index (χ0) is 21.3. The molecule has 2 aromatic rings. The van der Waals surface area contributed by atoms with Crippen LogP contribution < -0.4 is 0 Å². The van der Waals surface area contributed by atoms with Crippen LogP contribution in [0.1, 0.15) is 11.1 Å². The fourth-order valence-electron chi connectivity index (χ4n) is 1.70. The van der Waals surface area contributed by atoms with Gasteiger partial charge in [-0.15, -0.1) is 0 Å². The van der Waals surface area contributed by atoms with Crippen molar-refractivity contribution in [2.24, 2.45) is 0 Å². The van der Waals surface area contributed by atoms with Gasteiger partial charge in [0.05, 0.1) is 12.5 Å². The van der Waals surface area contributed by atoms with E-state index in [1.54, 1.807) is 12.2 Å². The van der Waals surface area contributed by atoms with Crippen molar-refractivity contribution in [1.29, 1.82) is 0 Å². The Morgan fingerprint density at radius 2 is 1.07 bits per heavy atom. The maximum absolute atomic E-state index is 11.4. The minimum atomic E-state index is -0.981. The zero-order valence-electron chi connectivity index (χ0n) is 15.5. The Hall–Kier alpha value is -4.19. The van der Waals surface area contributed by atoms with Crippen molar-refractivity contribution >= 4 is 30.1 Å². The molecular weight excluding hydrogens is 372 g/mol. The fraction of sp³-hybridized carbons (Fsp3) is 0. The molecule has 0 saturated heterocycles. The molecule has 0 heterocycles. The minimum Gasteiger partial charge on any atom is -0.478 e. The third kappa shape index (κ3) is 11.9. The molecule has 0 fully saturated rings. The maximum atomic E-state index is 11.4. The predicted octanol–water partition coefficient (Wildman–Crippen LogP) is 4.23. The molecule has 0 radical (unpaired) electrons. The monoisotopic (exact) mass is 392 g/mol. The Labute approximate surface area is 168 Å². The van der Waals surface area contributed by atoms with Gasteiger partial charge in [0, 0.05) is 18.2 Å². The van der Waals surface area contributed by atoms with Gasteiger partial charge in [-0.05, 0) is 23.3 Å². The van der Waals surface area contributed by atoms with Crippen LogP contribution in [0.4, 0.5) is 0 Å². The average molecular weight is 392 g/mol. The van der Waals surface area contributed by atoms with E-state index < -0.39 is 17.9 Å². The van der Waals surface area contributed by atoms with E-state index in [-0.39, 0.29) is 0 Å². The Morgan fingerprint density at radius 3 is 1.38 bits per heavy atom. The number of rotatable bonds is 7. The summed E-state index contributed by atoms with van der Waals surface area (Å²) in [6.07, 6.45) is 8.67. The number of carboxylic acid groups (broad SMARTS) is 1. The Morgan fingerprint density at radius 1 is 0.724 bits per heavy atom. The largest absolute Gasteiger partial charge is 0.478 e. The van der Waals surface area contributed by atoms with Crippen LogP contribution in [0.15, 0.2) is 98.0 Å². The maximum Gasteiger partial charge on any atom is 0.335 e. The molecule has 29 heavy (non-hydrogen) atoms. The van der Waals surface area contributed by atoms with Gasteiger partial charge in [-0.3, -0.25) is 0 Å². The highest BCUT2D eigenvalue weighted by molar-refractivity contribution is 5.92. The Balaban J connectivity index is 0.000000749. The van der Waals surface area contributed by atoms with Gasteiger partial charge in [0.25, 0.3) is 0 Å². The second-order valence-electron chi connectivity index (χ2n) is 5.18. The first-order chi connectivity index (χ1) is 14.0. The molecule has 148 valence electrons. The third-order valence-corrected chi connectivity index (χ3v) is 3.02. The summed E-state index contributed by atoms with van der Waals surface area (Å²) in [5.41, 5.74) is 1.81. The summed E-state index contributed by atoms with van der Waals surface area (Å²) in [5.74, 6) is -2.30. The van der Waals surface area contributed by atoms with Gasteiger partial charge >= 0.3 is 17.9 Å². The summed E-state index contributed by atoms with van der Waals surface area (Å²) < 4.78 is 9.68. The average Bonchev–Trinajstić information content (AvgIpc) is 2.74. The molecule has 6 heteroatoms. The van der Waals surface area contributed by atoms with Gasteiger partial charge in [-0.1, -0.05) is 67.2 Å². The van der Waals surface area contributed by atoms with E-state index in [4.69, 9.17) is 14.6 Å². The van der Waals surface area contributed by atoms with E-state index in [1.165, 1.54) is 12.5 Å². The van der Waals surface area contributed by atoms with E-state index in [9.17, 15) is 14.4 Å². The number of aliphatic carboxylic acids is 1. The predicted molar refractivity (Wildman–Crippen MR) is 110 cm³/mol. The van der Waals surface area contributed by atoms with Crippen LogP contribution in [0.5, 0.6) is 0 Å². The molecular formula is C23H20O6. The normalized spacial score (nSPS) is 10.3. The summed E-state index contributed by atoms with van der Waals surface area (Å²) >= 11 is 0. The standard InChI is InChI=1S/C20H16O4.C3H4O2/c21-19(23-15-13-17-7-3-1-4-8-17)11-12-20(22)24-16-14-18-9-5-2-6-10-18;1-2-3(4)5/h1-16H;2H,1H2,(H,4,5)/b12-11-,15-13?,16-14?;. The van der Waals surface area contributed by atoms with Crippen molar-refractivity contribution in [1.82, 2.24) is 0 Å². The van der Waals surface area contributed by atoms with Crippen molar-refractivity contribution in [3.8, 4) is 0 Å². The lowest BCUT2D eigenvalue weighted by molar-refractivity contribution is -0.135. The van der Waals surface area contributed by atoms with Gasteiger partial charge < -0.3 is 14.6 Å². The first-order valence-electron chi connectivity index (χ1n) is 8.39. The zero-order valence-corrected chi connectivity index (χ0v) is 15.5. The number of benzene rings is 2. The Kier molecular flexibility index (Phi) is 11.0. The van der Waals surface area contributed by atoms with E-state index in [0.29, 0.717) is 0 Å². The van der Waals surface area contributed by atoms with E-state index in [0.717, 1.165) is 29.4 Å². The van der Waals surface area contributed by atoms with Gasteiger partial charge in [-0.25, -0.2) is 14.4 Å². The summed E-state index contributed by atoms with van der Waals surface area (Å²) in [5, 5.41) is 7.60. The third-order valence-electron chi connectivity index (χ3n) is 3.02. The summed E-state index contributed by atoms with van der Waals surface area (Å²) in [4.78, 5) is 32.1. The van der Waals surface area contributed by atoms with Crippen LogP contribution in [0.25, 0.3) is 12.2 Å². The van der Waals surface area contributed by atoms with Crippen molar-refractivity contribution < 1.29 is 29.0 Å². The number of carbonyl (C=O) groups excluding carboxylic acids is 2. The second-order valence-corrected chi connectivity index (χ2v) is 5.18. The molecule has 0 spiro atoms. The Bertz CT molecular complexity index is 815. The molecule has 0 aliphatic carbocycles. The number of carboxylic acids is 1. The number of hydrogen-bond donors (Lipinski definition) is 1. The quantitative estimate of drug-likeness (QED) is 0.431. The highest BCUT2D eigenvalue weighted by Gasteiger charge is 1.98. The highest BCUT2D eigenvalue weighted by Crippen LogP contribution is 2.02. The molecule has 2 aromatic carbocycles.